The van der Waals surface area contributed by atoms with Crippen molar-refractivity contribution in [3.8, 4) is 0 Å². The molecule has 5 heteroatoms. The minimum Gasteiger partial charge on any atom is -0.341 e. The predicted molar refractivity (Wildman–Crippen MR) is 67.3 cm³/mol. The van der Waals surface area contributed by atoms with Crippen LogP contribution < -0.4 is 0 Å². The zero-order valence-corrected chi connectivity index (χ0v) is 11.1. The van der Waals surface area contributed by atoms with E-state index in [1.807, 2.05) is 6.26 Å². The highest BCUT2D eigenvalue weighted by atomic mass is 79.9. The van der Waals surface area contributed by atoms with Crippen LogP contribution in [0.15, 0.2) is 22.9 Å². The second kappa shape index (κ2) is 6.12. The van der Waals surface area contributed by atoms with E-state index in [0.29, 0.717) is 5.56 Å². The predicted octanol–water partition coefficient (Wildman–Crippen LogP) is 2.28. The molecule has 15 heavy (non-hydrogen) atoms. The molecular formula is C10H13BrN2OS. The van der Waals surface area contributed by atoms with Gasteiger partial charge in [0.2, 0.25) is 0 Å². The van der Waals surface area contributed by atoms with Crippen LogP contribution >= 0.6 is 27.7 Å². The first-order chi connectivity index (χ1) is 7.15. The van der Waals surface area contributed by atoms with Gasteiger partial charge in [-0.1, -0.05) is 0 Å². The summed E-state index contributed by atoms with van der Waals surface area (Å²) in [5.74, 6) is 0.968. The summed E-state index contributed by atoms with van der Waals surface area (Å²) in [7, 11) is 1.81. The van der Waals surface area contributed by atoms with Crippen molar-refractivity contribution in [3.05, 3.63) is 28.5 Å². The Morgan fingerprint density at radius 1 is 1.60 bits per heavy atom. The molecule has 0 aliphatic carbocycles. The third-order valence-corrected chi connectivity index (χ3v) is 3.01. The number of amides is 1. The van der Waals surface area contributed by atoms with Crippen molar-refractivity contribution < 1.29 is 4.79 Å². The van der Waals surface area contributed by atoms with Gasteiger partial charge in [-0.15, -0.1) is 0 Å². The monoisotopic (exact) mass is 288 g/mol. The van der Waals surface area contributed by atoms with Crippen molar-refractivity contribution in [2.45, 2.75) is 0 Å². The lowest BCUT2D eigenvalue weighted by Crippen LogP contribution is -2.28. The Hall–Kier alpha value is -0.550. The molecule has 0 unspecified atom stereocenters. The molecule has 0 aromatic carbocycles. The van der Waals surface area contributed by atoms with Crippen LogP contribution in [0, 0.1) is 0 Å². The van der Waals surface area contributed by atoms with Gasteiger partial charge in [0, 0.05) is 25.5 Å². The van der Waals surface area contributed by atoms with Gasteiger partial charge in [0.05, 0.1) is 5.56 Å². The van der Waals surface area contributed by atoms with Crippen LogP contribution in [-0.4, -0.2) is 41.4 Å². The molecular weight excluding hydrogens is 276 g/mol. The Balaban J connectivity index is 2.63. The molecule has 1 heterocycles. The van der Waals surface area contributed by atoms with E-state index >= 15 is 0 Å². The van der Waals surface area contributed by atoms with Gasteiger partial charge in [0.1, 0.15) is 4.60 Å². The summed E-state index contributed by atoms with van der Waals surface area (Å²) >= 11 is 4.96. The average molecular weight is 289 g/mol. The number of carbonyl (C=O) groups is 1. The van der Waals surface area contributed by atoms with E-state index in [1.54, 1.807) is 42.0 Å². The van der Waals surface area contributed by atoms with Gasteiger partial charge < -0.3 is 4.90 Å². The number of thioether (sulfide) groups is 1. The topological polar surface area (TPSA) is 33.2 Å². The first kappa shape index (κ1) is 12.5. The lowest BCUT2D eigenvalue weighted by atomic mass is 10.2. The van der Waals surface area contributed by atoms with Gasteiger partial charge in [-0.05, 0) is 34.3 Å². The number of aromatic nitrogens is 1. The van der Waals surface area contributed by atoms with E-state index in [1.165, 1.54) is 0 Å². The molecule has 0 spiro atoms. The van der Waals surface area contributed by atoms with E-state index in [2.05, 4.69) is 20.9 Å². The maximum atomic E-state index is 11.8. The molecule has 1 aromatic rings. The minimum absolute atomic E-state index is 0.0176. The number of halogens is 1. The van der Waals surface area contributed by atoms with Crippen LogP contribution in [0.3, 0.4) is 0 Å². The van der Waals surface area contributed by atoms with Gasteiger partial charge >= 0.3 is 0 Å². The van der Waals surface area contributed by atoms with Gasteiger partial charge in [-0.3, -0.25) is 4.79 Å². The minimum atomic E-state index is 0.0176. The van der Waals surface area contributed by atoms with Crippen LogP contribution in [0.25, 0.3) is 0 Å². The maximum absolute atomic E-state index is 11.8. The first-order valence-electron chi connectivity index (χ1n) is 4.51. The number of rotatable bonds is 4. The highest BCUT2D eigenvalue weighted by Gasteiger charge is 2.10. The highest BCUT2D eigenvalue weighted by molar-refractivity contribution is 9.10. The molecule has 0 N–H and O–H groups in total. The molecule has 3 nitrogen and oxygen atoms in total. The van der Waals surface area contributed by atoms with Crippen LogP contribution in [0.4, 0.5) is 0 Å². The first-order valence-corrected chi connectivity index (χ1v) is 6.70. The molecule has 1 amide bonds. The van der Waals surface area contributed by atoms with Gasteiger partial charge in [-0.2, -0.15) is 11.8 Å². The fraction of sp³-hybridized carbons (Fsp3) is 0.400. The van der Waals surface area contributed by atoms with E-state index < -0.39 is 0 Å². The summed E-state index contributed by atoms with van der Waals surface area (Å²) in [5, 5.41) is 0. The van der Waals surface area contributed by atoms with Crippen LogP contribution in [-0.2, 0) is 0 Å². The van der Waals surface area contributed by atoms with Crippen LogP contribution in [0.2, 0.25) is 0 Å². The standard InChI is InChI=1S/C10H13BrN2OS/c1-13(5-6-15-2)10(14)8-3-4-9(11)12-7-8/h3-4,7H,5-6H2,1-2H3. The molecule has 0 saturated heterocycles. The molecule has 0 saturated carbocycles. The third kappa shape index (κ3) is 3.83. The fourth-order valence-corrected chi connectivity index (χ4v) is 1.74. The molecule has 0 atom stereocenters. The zero-order chi connectivity index (χ0) is 11.3. The molecule has 0 bridgehead atoms. The Morgan fingerprint density at radius 2 is 2.33 bits per heavy atom. The summed E-state index contributed by atoms with van der Waals surface area (Å²) in [5.41, 5.74) is 0.627. The summed E-state index contributed by atoms with van der Waals surface area (Å²) in [6, 6.07) is 3.55. The second-order valence-electron chi connectivity index (χ2n) is 3.09. The zero-order valence-electron chi connectivity index (χ0n) is 8.74. The van der Waals surface area contributed by atoms with E-state index in [-0.39, 0.29) is 5.91 Å². The summed E-state index contributed by atoms with van der Waals surface area (Å²) in [4.78, 5) is 17.6. The van der Waals surface area contributed by atoms with E-state index in [0.717, 1.165) is 16.9 Å². The number of hydrogen-bond acceptors (Lipinski definition) is 3. The Morgan fingerprint density at radius 3 is 2.87 bits per heavy atom. The van der Waals surface area contributed by atoms with Crippen molar-refractivity contribution in [2.24, 2.45) is 0 Å². The van der Waals surface area contributed by atoms with Crippen molar-refractivity contribution in [3.63, 3.8) is 0 Å². The molecule has 0 aliphatic heterocycles. The third-order valence-electron chi connectivity index (χ3n) is 1.95. The summed E-state index contributed by atoms with van der Waals surface area (Å²) in [6.07, 6.45) is 3.61. The van der Waals surface area contributed by atoms with Crippen molar-refractivity contribution in [1.82, 2.24) is 9.88 Å². The number of pyridine rings is 1. The molecule has 82 valence electrons. The summed E-state index contributed by atoms with van der Waals surface area (Å²) in [6.45, 7) is 0.760. The molecule has 0 fully saturated rings. The number of nitrogens with zero attached hydrogens (tertiary/aromatic N) is 2. The summed E-state index contributed by atoms with van der Waals surface area (Å²) < 4.78 is 0.741. The Labute approximate surface area is 102 Å². The second-order valence-corrected chi connectivity index (χ2v) is 4.89. The molecule has 0 radical (unpaired) electrons. The number of hydrogen-bond donors (Lipinski definition) is 0. The molecule has 1 rings (SSSR count). The largest absolute Gasteiger partial charge is 0.341 e. The molecule has 1 aromatic heterocycles. The SMILES string of the molecule is CSCCN(C)C(=O)c1ccc(Br)nc1. The maximum Gasteiger partial charge on any atom is 0.255 e. The normalized spacial score (nSPS) is 10.1. The van der Waals surface area contributed by atoms with Gasteiger partial charge in [0.25, 0.3) is 5.91 Å². The molecule has 0 aliphatic rings. The van der Waals surface area contributed by atoms with Gasteiger partial charge in [0.15, 0.2) is 0 Å². The highest BCUT2D eigenvalue weighted by Crippen LogP contribution is 2.08. The Bertz CT molecular complexity index is 329. The van der Waals surface area contributed by atoms with Crippen LogP contribution in [0.1, 0.15) is 10.4 Å². The lowest BCUT2D eigenvalue weighted by Gasteiger charge is -2.16. The van der Waals surface area contributed by atoms with Crippen molar-refractivity contribution >= 4 is 33.6 Å². The average Bonchev–Trinajstić information content (AvgIpc) is 2.26. The Kier molecular flexibility index (Phi) is 5.11. The van der Waals surface area contributed by atoms with Crippen molar-refractivity contribution in [1.29, 1.82) is 0 Å². The smallest absolute Gasteiger partial charge is 0.255 e. The van der Waals surface area contributed by atoms with Gasteiger partial charge in [-0.25, -0.2) is 4.98 Å². The quantitative estimate of drug-likeness (QED) is 0.797. The lowest BCUT2D eigenvalue weighted by molar-refractivity contribution is 0.0803. The number of carbonyl (C=O) groups excluding carboxylic acids is 1. The van der Waals surface area contributed by atoms with E-state index in [9.17, 15) is 4.79 Å². The fourth-order valence-electron chi connectivity index (χ4n) is 1.05. The van der Waals surface area contributed by atoms with Crippen LogP contribution in [0.5, 0.6) is 0 Å². The van der Waals surface area contributed by atoms with Crippen molar-refractivity contribution in [2.75, 3.05) is 25.6 Å². The van der Waals surface area contributed by atoms with E-state index in [4.69, 9.17) is 0 Å².